The van der Waals surface area contributed by atoms with Crippen molar-refractivity contribution in [1.29, 1.82) is 0 Å². The molecule has 0 aliphatic carbocycles. The van der Waals surface area contributed by atoms with Gasteiger partial charge >= 0.3 is 6.18 Å². The Bertz CT molecular complexity index is 1290. The van der Waals surface area contributed by atoms with Crippen molar-refractivity contribution >= 4 is 11.6 Å². The van der Waals surface area contributed by atoms with Crippen LogP contribution in [0.15, 0.2) is 78.9 Å². The number of halogens is 3. The lowest BCUT2D eigenvalue weighted by Crippen LogP contribution is -2.29. The Balaban J connectivity index is 1.71. The van der Waals surface area contributed by atoms with E-state index in [9.17, 15) is 18.0 Å². The van der Waals surface area contributed by atoms with Crippen LogP contribution in [0.2, 0.25) is 0 Å². The predicted molar refractivity (Wildman–Crippen MR) is 115 cm³/mol. The van der Waals surface area contributed by atoms with Crippen molar-refractivity contribution in [2.45, 2.75) is 19.1 Å². The lowest BCUT2D eigenvalue weighted by molar-refractivity contribution is -0.137. The molecule has 0 spiro atoms. The molecule has 160 valence electrons. The number of hydrogen-bond acceptors (Lipinski definition) is 2. The predicted octanol–water partition coefficient (Wildman–Crippen LogP) is 6.15. The number of nitrogens with one attached hydrogen (secondary N) is 1. The summed E-state index contributed by atoms with van der Waals surface area (Å²) in [5.41, 5.74) is 3.57. The van der Waals surface area contributed by atoms with E-state index in [1.807, 2.05) is 61.5 Å². The highest BCUT2D eigenvalue weighted by molar-refractivity contribution is 6.11. The Morgan fingerprint density at radius 2 is 1.66 bits per heavy atom. The van der Waals surface area contributed by atoms with E-state index < -0.39 is 23.7 Å². The summed E-state index contributed by atoms with van der Waals surface area (Å²) < 4.78 is 40.2. The molecule has 0 bridgehead atoms. The second kappa shape index (κ2) is 7.37. The lowest BCUT2D eigenvalue weighted by Gasteiger charge is -2.27. The third kappa shape index (κ3) is 3.26. The molecule has 4 nitrogen and oxygen atoms in total. The van der Waals surface area contributed by atoms with Gasteiger partial charge in [0.15, 0.2) is 0 Å². The minimum Gasteiger partial charge on any atom is -0.295 e. The summed E-state index contributed by atoms with van der Waals surface area (Å²) in [5.74, 6) is -0.417. The van der Waals surface area contributed by atoms with E-state index in [1.54, 1.807) is 0 Å². The van der Waals surface area contributed by atoms with E-state index in [4.69, 9.17) is 0 Å². The number of carbonyl (C=O) groups is 1. The molecular weight excluding hydrogens is 415 g/mol. The fraction of sp³-hybridized carbons (Fsp3) is 0.120. The summed E-state index contributed by atoms with van der Waals surface area (Å²) in [6.45, 7) is 1.95. The second-order valence-electron chi connectivity index (χ2n) is 7.76. The summed E-state index contributed by atoms with van der Waals surface area (Å²) in [6.07, 6.45) is -4.51. The Morgan fingerprint density at radius 1 is 0.938 bits per heavy atom. The third-order valence-corrected chi connectivity index (χ3v) is 5.66. The molecule has 4 aromatic rings. The van der Waals surface area contributed by atoms with Crippen LogP contribution in [-0.4, -0.2) is 16.1 Å². The normalized spacial score (nSPS) is 15.8. The highest BCUT2D eigenvalue weighted by Gasteiger charge is 2.43. The molecule has 5 rings (SSSR count). The van der Waals surface area contributed by atoms with Gasteiger partial charge in [0.2, 0.25) is 0 Å². The number of aromatic amines is 1. The number of rotatable bonds is 3. The largest absolute Gasteiger partial charge is 0.416 e. The fourth-order valence-corrected chi connectivity index (χ4v) is 4.13. The number of fused-ring (bicyclic) bond motifs is 1. The first-order valence-corrected chi connectivity index (χ1v) is 10.1. The number of H-pyrrole nitrogens is 1. The van der Waals surface area contributed by atoms with Crippen molar-refractivity contribution in [3.05, 3.63) is 107 Å². The van der Waals surface area contributed by atoms with Gasteiger partial charge in [-0.05, 0) is 30.7 Å². The molecule has 0 saturated carbocycles. The zero-order valence-corrected chi connectivity index (χ0v) is 17.0. The maximum absolute atomic E-state index is 13.4. The Kier molecular flexibility index (Phi) is 4.62. The van der Waals surface area contributed by atoms with Crippen LogP contribution in [0.25, 0.3) is 11.3 Å². The van der Waals surface area contributed by atoms with E-state index in [-0.39, 0.29) is 11.4 Å². The number of alkyl halides is 3. The minimum absolute atomic E-state index is 0.180. The second-order valence-corrected chi connectivity index (χ2v) is 7.76. The monoisotopic (exact) mass is 433 g/mol. The first kappa shape index (κ1) is 20.1. The van der Waals surface area contributed by atoms with Gasteiger partial charge < -0.3 is 0 Å². The van der Waals surface area contributed by atoms with Crippen LogP contribution in [0.1, 0.15) is 38.8 Å². The average molecular weight is 433 g/mol. The lowest BCUT2D eigenvalue weighted by atomic mass is 9.95. The standard InChI is InChI=1S/C25H18F3N3O/c1-15-10-12-17(13-11-15)23-20-21(16-6-3-2-4-7-16)29-30-22(20)24(32)31(23)19-9-5-8-18(14-19)25(26,27)28/h2-14,23H,1H3,(H,29,30)/t23-/m0/s1. The van der Waals surface area contributed by atoms with Crippen LogP contribution in [0.4, 0.5) is 18.9 Å². The van der Waals surface area contributed by atoms with Crippen molar-refractivity contribution in [2.75, 3.05) is 4.90 Å². The Morgan fingerprint density at radius 3 is 2.34 bits per heavy atom. The highest BCUT2D eigenvalue weighted by Crippen LogP contribution is 2.45. The summed E-state index contributed by atoms with van der Waals surface area (Å²) in [5, 5.41) is 7.21. The molecule has 7 heteroatoms. The molecule has 0 radical (unpaired) electrons. The van der Waals surface area contributed by atoms with Crippen LogP contribution in [0.5, 0.6) is 0 Å². The molecule has 32 heavy (non-hydrogen) atoms. The molecule has 1 aromatic heterocycles. The van der Waals surface area contributed by atoms with Crippen molar-refractivity contribution in [2.24, 2.45) is 0 Å². The molecule has 1 aliphatic rings. The van der Waals surface area contributed by atoms with Gasteiger partial charge in [0.25, 0.3) is 5.91 Å². The van der Waals surface area contributed by atoms with Crippen LogP contribution in [0.3, 0.4) is 0 Å². The van der Waals surface area contributed by atoms with Gasteiger partial charge in [-0.15, -0.1) is 0 Å². The van der Waals surface area contributed by atoms with E-state index in [0.29, 0.717) is 11.3 Å². The van der Waals surface area contributed by atoms with Gasteiger partial charge in [-0.25, -0.2) is 0 Å². The quantitative estimate of drug-likeness (QED) is 0.421. The molecule has 1 atom stereocenters. The van der Waals surface area contributed by atoms with Crippen LogP contribution < -0.4 is 4.90 Å². The zero-order chi connectivity index (χ0) is 22.5. The maximum Gasteiger partial charge on any atom is 0.416 e. The Labute approximate surface area is 182 Å². The highest BCUT2D eigenvalue weighted by atomic mass is 19.4. The number of anilines is 1. The number of amides is 1. The van der Waals surface area contributed by atoms with Crippen molar-refractivity contribution in [3.8, 4) is 11.3 Å². The average Bonchev–Trinajstić information content (AvgIpc) is 3.34. The molecule has 1 amide bonds. The molecule has 3 aromatic carbocycles. The van der Waals surface area contributed by atoms with Crippen LogP contribution in [0, 0.1) is 6.92 Å². The van der Waals surface area contributed by atoms with E-state index in [0.717, 1.165) is 28.8 Å². The number of nitrogens with zero attached hydrogens (tertiary/aromatic N) is 2. The van der Waals surface area contributed by atoms with Gasteiger partial charge in [-0.1, -0.05) is 66.2 Å². The molecule has 0 saturated heterocycles. The molecule has 0 fully saturated rings. The summed E-state index contributed by atoms with van der Waals surface area (Å²) in [6, 6.07) is 21.3. The van der Waals surface area contributed by atoms with Crippen LogP contribution >= 0.6 is 0 Å². The third-order valence-electron chi connectivity index (χ3n) is 5.66. The van der Waals surface area contributed by atoms with Crippen molar-refractivity contribution in [1.82, 2.24) is 10.2 Å². The van der Waals surface area contributed by atoms with Gasteiger partial charge in [0.1, 0.15) is 5.69 Å². The number of benzene rings is 3. The smallest absolute Gasteiger partial charge is 0.295 e. The SMILES string of the molecule is Cc1ccc([C@H]2c3c(-c4ccccc4)n[nH]c3C(=O)N2c2cccc(C(F)(F)F)c2)cc1. The van der Waals surface area contributed by atoms with Crippen LogP contribution in [-0.2, 0) is 6.18 Å². The first-order valence-electron chi connectivity index (χ1n) is 10.1. The molecule has 1 aliphatic heterocycles. The van der Waals surface area contributed by atoms with Gasteiger partial charge in [-0.3, -0.25) is 14.8 Å². The van der Waals surface area contributed by atoms with Crippen molar-refractivity contribution < 1.29 is 18.0 Å². The topological polar surface area (TPSA) is 49.0 Å². The number of aromatic nitrogens is 2. The van der Waals surface area contributed by atoms with E-state index in [1.165, 1.54) is 17.0 Å². The molecular formula is C25H18F3N3O. The number of carbonyl (C=O) groups excluding carboxylic acids is 1. The van der Waals surface area contributed by atoms with Gasteiger partial charge in [0, 0.05) is 16.8 Å². The van der Waals surface area contributed by atoms with Gasteiger partial charge in [0.05, 0.1) is 17.3 Å². The van der Waals surface area contributed by atoms with E-state index in [2.05, 4.69) is 10.2 Å². The number of hydrogen-bond donors (Lipinski definition) is 1. The van der Waals surface area contributed by atoms with Crippen molar-refractivity contribution in [3.63, 3.8) is 0 Å². The molecule has 1 N–H and O–H groups in total. The number of aryl methyl sites for hydroxylation is 1. The fourth-order valence-electron chi connectivity index (χ4n) is 4.13. The summed E-state index contributed by atoms with van der Waals surface area (Å²) in [7, 11) is 0. The summed E-state index contributed by atoms with van der Waals surface area (Å²) in [4.78, 5) is 14.8. The maximum atomic E-state index is 13.4. The minimum atomic E-state index is -4.51. The molecule has 0 unspecified atom stereocenters. The zero-order valence-electron chi connectivity index (χ0n) is 17.0. The molecule has 2 heterocycles. The summed E-state index contributed by atoms with van der Waals surface area (Å²) >= 11 is 0. The Hall–Kier alpha value is -3.87. The van der Waals surface area contributed by atoms with Gasteiger partial charge in [-0.2, -0.15) is 18.3 Å². The first-order chi connectivity index (χ1) is 15.3. The van der Waals surface area contributed by atoms with E-state index >= 15 is 0 Å².